The predicted molar refractivity (Wildman–Crippen MR) is 68.0 cm³/mol. The highest BCUT2D eigenvalue weighted by Gasteiger charge is 2.16. The molecular weight excluding hydrogens is 200 g/mol. The minimum Gasteiger partial charge on any atom is -0.486 e. The van der Waals surface area contributed by atoms with Crippen molar-refractivity contribution in [2.45, 2.75) is 46.1 Å². The van der Waals surface area contributed by atoms with E-state index in [9.17, 15) is 0 Å². The van der Waals surface area contributed by atoms with Gasteiger partial charge in [0.25, 0.3) is 0 Å². The molecule has 0 aliphatic rings. The molecule has 0 unspecified atom stereocenters. The Morgan fingerprint density at radius 3 is 2.69 bits per heavy atom. The second kappa shape index (κ2) is 5.73. The van der Waals surface area contributed by atoms with Crippen molar-refractivity contribution in [1.82, 2.24) is 4.98 Å². The van der Waals surface area contributed by atoms with Crippen LogP contribution in [0.25, 0.3) is 0 Å². The smallest absolute Gasteiger partial charge is 0.140 e. The van der Waals surface area contributed by atoms with Gasteiger partial charge in [0.2, 0.25) is 0 Å². The van der Waals surface area contributed by atoms with Crippen LogP contribution in [0.15, 0.2) is 18.5 Å². The zero-order chi connectivity index (χ0) is 12.0. The Kier molecular flexibility index (Phi) is 4.59. The number of anilines is 1. The van der Waals surface area contributed by atoms with Crippen LogP contribution in [-0.4, -0.2) is 17.1 Å². The summed E-state index contributed by atoms with van der Waals surface area (Å²) in [6.45, 7) is 9.38. The summed E-state index contributed by atoms with van der Waals surface area (Å²) in [5, 5.41) is 3.30. The van der Waals surface area contributed by atoms with Crippen molar-refractivity contribution in [1.29, 1.82) is 0 Å². The quantitative estimate of drug-likeness (QED) is 0.800. The van der Waals surface area contributed by atoms with Crippen LogP contribution in [0, 0.1) is 0 Å². The number of nitrogens with zero attached hydrogens (tertiary/aromatic N) is 1. The minimum atomic E-state index is -0.134. The molecule has 1 rings (SSSR count). The molecule has 16 heavy (non-hydrogen) atoms. The number of aromatic nitrogens is 1. The Labute approximate surface area is 98.2 Å². The first kappa shape index (κ1) is 12.8. The molecule has 0 saturated carbocycles. The van der Waals surface area contributed by atoms with E-state index in [1.54, 1.807) is 6.20 Å². The summed E-state index contributed by atoms with van der Waals surface area (Å²) in [6.07, 6.45) is 5.65. The monoisotopic (exact) mass is 222 g/mol. The molecule has 0 aliphatic carbocycles. The highest BCUT2D eigenvalue weighted by molar-refractivity contribution is 5.45. The lowest BCUT2D eigenvalue weighted by Crippen LogP contribution is -2.26. The molecule has 0 spiro atoms. The Morgan fingerprint density at radius 2 is 2.06 bits per heavy atom. The molecule has 0 amide bonds. The molecule has 0 radical (unpaired) electrons. The van der Waals surface area contributed by atoms with Crippen LogP contribution in [0.5, 0.6) is 5.75 Å². The number of hydrogen-bond acceptors (Lipinski definition) is 3. The molecular formula is C13H22N2O. The van der Waals surface area contributed by atoms with Gasteiger partial charge in [0, 0.05) is 12.6 Å². The van der Waals surface area contributed by atoms with Gasteiger partial charge in [-0.1, -0.05) is 13.8 Å². The molecule has 0 atom stereocenters. The molecule has 0 aromatic carbocycles. The molecule has 3 nitrogen and oxygen atoms in total. The largest absolute Gasteiger partial charge is 0.486 e. The summed E-state index contributed by atoms with van der Waals surface area (Å²) in [5.74, 6) is 0.827. The van der Waals surface area contributed by atoms with Gasteiger partial charge in [-0.3, -0.25) is 4.98 Å². The fraction of sp³-hybridized carbons (Fsp3) is 0.615. The minimum absolute atomic E-state index is 0.134. The number of rotatable bonds is 6. The maximum Gasteiger partial charge on any atom is 0.140 e. The molecule has 0 aliphatic heterocycles. The number of hydrogen-bond donors (Lipinski definition) is 1. The van der Waals surface area contributed by atoms with Crippen molar-refractivity contribution in [3.05, 3.63) is 18.5 Å². The van der Waals surface area contributed by atoms with Crippen LogP contribution >= 0.6 is 0 Å². The third-order valence-corrected chi connectivity index (χ3v) is 2.54. The number of pyridine rings is 1. The van der Waals surface area contributed by atoms with E-state index in [2.05, 4.69) is 38.0 Å². The van der Waals surface area contributed by atoms with E-state index in [0.717, 1.165) is 30.8 Å². The summed E-state index contributed by atoms with van der Waals surface area (Å²) in [7, 11) is 0. The topological polar surface area (TPSA) is 34.2 Å². The van der Waals surface area contributed by atoms with E-state index >= 15 is 0 Å². The van der Waals surface area contributed by atoms with Crippen LogP contribution in [0.2, 0.25) is 0 Å². The predicted octanol–water partition coefficient (Wildman–Crippen LogP) is 3.47. The lowest BCUT2D eigenvalue weighted by atomic mass is 10.1. The summed E-state index contributed by atoms with van der Waals surface area (Å²) >= 11 is 0. The SMILES string of the molecule is CCCNc1cncc(OC(C)(C)CC)c1. The first-order valence-corrected chi connectivity index (χ1v) is 5.95. The van der Waals surface area contributed by atoms with E-state index in [1.165, 1.54) is 0 Å². The average molecular weight is 222 g/mol. The van der Waals surface area contributed by atoms with Crippen LogP contribution in [0.4, 0.5) is 5.69 Å². The molecule has 0 fully saturated rings. The van der Waals surface area contributed by atoms with Gasteiger partial charge in [-0.25, -0.2) is 0 Å². The lowest BCUT2D eigenvalue weighted by Gasteiger charge is -2.24. The van der Waals surface area contributed by atoms with Crippen molar-refractivity contribution in [3.63, 3.8) is 0 Å². The van der Waals surface area contributed by atoms with Crippen LogP contribution < -0.4 is 10.1 Å². The third-order valence-electron chi connectivity index (χ3n) is 2.54. The molecule has 0 saturated heterocycles. The van der Waals surface area contributed by atoms with Gasteiger partial charge in [0.15, 0.2) is 0 Å². The summed E-state index contributed by atoms with van der Waals surface area (Å²) in [6, 6.07) is 2.00. The first-order valence-electron chi connectivity index (χ1n) is 5.95. The maximum atomic E-state index is 5.87. The van der Waals surface area contributed by atoms with E-state index in [-0.39, 0.29) is 5.60 Å². The van der Waals surface area contributed by atoms with E-state index in [0.29, 0.717) is 0 Å². The highest BCUT2D eigenvalue weighted by atomic mass is 16.5. The molecule has 1 aromatic rings. The zero-order valence-corrected chi connectivity index (χ0v) is 10.7. The van der Waals surface area contributed by atoms with Gasteiger partial charge in [-0.05, 0) is 26.7 Å². The van der Waals surface area contributed by atoms with Crippen molar-refractivity contribution in [3.8, 4) is 5.75 Å². The van der Waals surface area contributed by atoms with Gasteiger partial charge in [-0.15, -0.1) is 0 Å². The second-order valence-corrected chi connectivity index (χ2v) is 4.55. The van der Waals surface area contributed by atoms with E-state index in [4.69, 9.17) is 4.74 Å². The van der Waals surface area contributed by atoms with Crippen LogP contribution in [-0.2, 0) is 0 Å². The van der Waals surface area contributed by atoms with Crippen molar-refractivity contribution in [2.75, 3.05) is 11.9 Å². The number of ether oxygens (including phenoxy) is 1. The molecule has 1 N–H and O–H groups in total. The Morgan fingerprint density at radius 1 is 1.31 bits per heavy atom. The first-order chi connectivity index (χ1) is 7.57. The fourth-order valence-corrected chi connectivity index (χ4v) is 1.23. The normalized spacial score (nSPS) is 11.2. The van der Waals surface area contributed by atoms with Crippen molar-refractivity contribution >= 4 is 5.69 Å². The van der Waals surface area contributed by atoms with Gasteiger partial charge < -0.3 is 10.1 Å². The van der Waals surface area contributed by atoms with Crippen LogP contribution in [0.3, 0.4) is 0 Å². The number of nitrogens with one attached hydrogen (secondary N) is 1. The van der Waals surface area contributed by atoms with Crippen molar-refractivity contribution in [2.24, 2.45) is 0 Å². The molecule has 1 aromatic heterocycles. The molecule has 1 heterocycles. The summed E-state index contributed by atoms with van der Waals surface area (Å²) in [5.41, 5.74) is 0.886. The third kappa shape index (κ3) is 4.09. The van der Waals surface area contributed by atoms with Crippen molar-refractivity contribution < 1.29 is 4.74 Å². The Hall–Kier alpha value is -1.25. The van der Waals surface area contributed by atoms with Gasteiger partial charge in [0.1, 0.15) is 11.4 Å². The second-order valence-electron chi connectivity index (χ2n) is 4.55. The van der Waals surface area contributed by atoms with E-state index in [1.807, 2.05) is 12.3 Å². The molecule has 90 valence electrons. The Bertz CT molecular complexity index is 323. The van der Waals surface area contributed by atoms with Gasteiger partial charge >= 0.3 is 0 Å². The van der Waals surface area contributed by atoms with Crippen LogP contribution in [0.1, 0.15) is 40.5 Å². The Balaban J connectivity index is 2.67. The standard InChI is InChI=1S/C13H22N2O/c1-5-7-15-11-8-12(10-14-9-11)16-13(3,4)6-2/h8-10,15H,5-7H2,1-4H3. The van der Waals surface area contributed by atoms with E-state index < -0.39 is 0 Å². The average Bonchev–Trinajstić information content (AvgIpc) is 2.26. The molecule has 3 heteroatoms. The highest BCUT2D eigenvalue weighted by Crippen LogP contribution is 2.22. The van der Waals surface area contributed by atoms with Gasteiger partial charge in [0.05, 0.1) is 18.1 Å². The van der Waals surface area contributed by atoms with Gasteiger partial charge in [-0.2, -0.15) is 0 Å². The molecule has 0 bridgehead atoms. The summed E-state index contributed by atoms with van der Waals surface area (Å²) in [4.78, 5) is 4.17. The fourth-order valence-electron chi connectivity index (χ4n) is 1.23. The maximum absolute atomic E-state index is 5.87. The summed E-state index contributed by atoms with van der Waals surface area (Å²) < 4.78 is 5.87. The lowest BCUT2D eigenvalue weighted by molar-refractivity contribution is 0.105. The zero-order valence-electron chi connectivity index (χ0n) is 10.7.